The summed E-state index contributed by atoms with van der Waals surface area (Å²) in [6, 6.07) is 0. The van der Waals surface area contributed by atoms with Crippen molar-refractivity contribution in [3.05, 3.63) is 11.8 Å². The lowest BCUT2D eigenvalue weighted by atomic mass is 9.90. The predicted molar refractivity (Wildman–Crippen MR) is 64.4 cm³/mol. The van der Waals surface area contributed by atoms with Gasteiger partial charge in [-0.1, -0.05) is 12.5 Å². The van der Waals surface area contributed by atoms with Crippen LogP contribution in [0.1, 0.15) is 44.9 Å². The summed E-state index contributed by atoms with van der Waals surface area (Å²) in [6.07, 6.45) is 14.9. The fraction of sp³-hybridized carbons (Fsp3) is 0.643. The predicted octanol–water partition coefficient (Wildman–Crippen LogP) is 2.61. The summed E-state index contributed by atoms with van der Waals surface area (Å²) in [4.78, 5) is 11.8. The molecule has 1 fully saturated rings. The molecule has 1 amide bonds. The molecule has 86 valence electrons. The molecule has 1 heterocycles. The van der Waals surface area contributed by atoms with Crippen LogP contribution in [0.5, 0.6) is 0 Å². The molecule has 0 radical (unpaired) electrons. The number of hydrogen-bond donors (Lipinski definition) is 1. The van der Waals surface area contributed by atoms with Gasteiger partial charge >= 0.3 is 0 Å². The first-order valence-corrected chi connectivity index (χ1v) is 6.26. The molecule has 1 N–H and O–H groups in total. The van der Waals surface area contributed by atoms with Crippen LogP contribution in [0.4, 0.5) is 0 Å². The number of terminal acetylenes is 1. The van der Waals surface area contributed by atoms with Crippen molar-refractivity contribution in [1.29, 1.82) is 0 Å². The standard InChI is InChI=1S/C14H19NO/c1-2-3-4-5-8-12-10-11-7-6-9-13(11)14(16)15-12/h1,10-11,13H,3-9H2,(H,15,16). The van der Waals surface area contributed by atoms with E-state index in [-0.39, 0.29) is 11.8 Å². The minimum atomic E-state index is 0.247. The third-order valence-electron chi connectivity index (χ3n) is 3.62. The zero-order valence-corrected chi connectivity index (χ0v) is 9.67. The molecule has 16 heavy (non-hydrogen) atoms. The summed E-state index contributed by atoms with van der Waals surface area (Å²) in [5.74, 6) is 3.66. The molecule has 0 bridgehead atoms. The van der Waals surface area contributed by atoms with Gasteiger partial charge in [0, 0.05) is 18.0 Å². The molecule has 2 rings (SSSR count). The molecule has 2 atom stereocenters. The highest BCUT2D eigenvalue weighted by Gasteiger charge is 2.34. The Bertz CT molecular complexity index is 337. The molecule has 1 aliphatic carbocycles. The second kappa shape index (κ2) is 5.21. The number of nitrogens with one attached hydrogen (secondary N) is 1. The van der Waals surface area contributed by atoms with Crippen LogP contribution in [0, 0.1) is 24.2 Å². The second-order valence-electron chi connectivity index (χ2n) is 4.79. The van der Waals surface area contributed by atoms with Crippen molar-refractivity contribution in [2.45, 2.75) is 44.9 Å². The van der Waals surface area contributed by atoms with Crippen LogP contribution in [-0.4, -0.2) is 5.91 Å². The van der Waals surface area contributed by atoms with E-state index < -0.39 is 0 Å². The van der Waals surface area contributed by atoms with Crippen LogP contribution in [0.25, 0.3) is 0 Å². The zero-order valence-electron chi connectivity index (χ0n) is 9.67. The van der Waals surface area contributed by atoms with Gasteiger partial charge in [-0.3, -0.25) is 4.79 Å². The third kappa shape index (κ3) is 2.47. The number of amides is 1. The molecule has 1 aliphatic heterocycles. The molecule has 0 saturated heterocycles. The molecule has 0 aromatic rings. The van der Waals surface area contributed by atoms with Gasteiger partial charge in [-0.05, 0) is 38.0 Å². The van der Waals surface area contributed by atoms with Gasteiger partial charge in [0.25, 0.3) is 0 Å². The van der Waals surface area contributed by atoms with Gasteiger partial charge in [0.1, 0.15) is 0 Å². The van der Waals surface area contributed by atoms with Crippen LogP contribution in [0.3, 0.4) is 0 Å². The summed E-state index contributed by atoms with van der Waals surface area (Å²) in [6.45, 7) is 0. The molecular weight excluding hydrogens is 198 g/mol. The van der Waals surface area contributed by atoms with E-state index >= 15 is 0 Å². The Labute approximate surface area is 97.5 Å². The zero-order chi connectivity index (χ0) is 11.4. The summed E-state index contributed by atoms with van der Waals surface area (Å²) < 4.78 is 0. The molecule has 0 aromatic carbocycles. The van der Waals surface area contributed by atoms with E-state index in [9.17, 15) is 4.79 Å². The van der Waals surface area contributed by atoms with E-state index in [1.165, 1.54) is 12.8 Å². The monoisotopic (exact) mass is 217 g/mol. The number of allylic oxidation sites excluding steroid dienone is 2. The quantitative estimate of drug-likeness (QED) is 0.569. The number of carbonyl (C=O) groups is 1. The largest absolute Gasteiger partial charge is 0.330 e. The fourth-order valence-corrected chi connectivity index (χ4v) is 2.75. The highest BCUT2D eigenvalue weighted by Crippen LogP contribution is 2.36. The fourth-order valence-electron chi connectivity index (χ4n) is 2.75. The number of hydrogen-bond acceptors (Lipinski definition) is 1. The maximum absolute atomic E-state index is 11.8. The van der Waals surface area contributed by atoms with E-state index in [4.69, 9.17) is 6.42 Å². The Balaban J connectivity index is 1.86. The van der Waals surface area contributed by atoms with Gasteiger partial charge in [0.05, 0.1) is 0 Å². The smallest absolute Gasteiger partial charge is 0.227 e. The summed E-state index contributed by atoms with van der Waals surface area (Å²) in [7, 11) is 0. The Morgan fingerprint density at radius 2 is 2.31 bits per heavy atom. The average Bonchev–Trinajstić information content (AvgIpc) is 2.73. The first kappa shape index (κ1) is 11.3. The van der Waals surface area contributed by atoms with E-state index in [1.54, 1.807) is 0 Å². The number of unbranched alkanes of at least 4 members (excludes halogenated alkanes) is 2. The summed E-state index contributed by atoms with van der Waals surface area (Å²) in [5, 5.41) is 3.04. The molecule has 0 aromatic heterocycles. The van der Waals surface area contributed by atoms with Crippen LogP contribution in [-0.2, 0) is 4.79 Å². The highest BCUT2D eigenvalue weighted by atomic mass is 16.2. The summed E-state index contributed by atoms with van der Waals surface area (Å²) in [5.41, 5.74) is 1.13. The minimum absolute atomic E-state index is 0.247. The van der Waals surface area contributed by atoms with Gasteiger partial charge in [-0.2, -0.15) is 0 Å². The van der Waals surface area contributed by atoms with Gasteiger partial charge < -0.3 is 5.32 Å². The lowest BCUT2D eigenvalue weighted by molar-refractivity contribution is -0.125. The van der Waals surface area contributed by atoms with Crippen LogP contribution < -0.4 is 5.32 Å². The Hall–Kier alpha value is -1.23. The van der Waals surface area contributed by atoms with Crippen LogP contribution in [0.15, 0.2) is 11.8 Å². The molecule has 2 nitrogen and oxygen atoms in total. The van der Waals surface area contributed by atoms with E-state index in [1.807, 2.05) is 0 Å². The molecule has 0 spiro atoms. The third-order valence-corrected chi connectivity index (χ3v) is 3.62. The van der Waals surface area contributed by atoms with Crippen molar-refractivity contribution in [3.8, 4) is 12.3 Å². The van der Waals surface area contributed by atoms with Crippen LogP contribution in [0.2, 0.25) is 0 Å². The lowest BCUT2D eigenvalue weighted by Crippen LogP contribution is -2.36. The molecule has 2 heteroatoms. The van der Waals surface area contributed by atoms with Crippen molar-refractivity contribution in [2.75, 3.05) is 0 Å². The lowest BCUT2D eigenvalue weighted by Gasteiger charge is -2.24. The SMILES string of the molecule is C#CCCCCC1=CC2CCCC2C(=O)N1. The van der Waals surface area contributed by atoms with Crippen molar-refractivity contribution >= 4 is 5.91 Å². The number of fused-ring (bicyclic) bond motifs is 1. The summed E-state index contributed by atoms with van der Waals surface area (Å²) >= 11 is 0. The Kier molecular flexibility index (Phi) is 3.66. The maximum atomic E-state index is 11.8. The van der Waals surface area contributed by atoms with Crippen molar-refractivity contribution in [2.24, 2.45) is 11.8 Å². The first-order valence-electron chi connectivity index (χ1n) is 6.26. The van der Waals surface area contributed by atoms with Gasteiger partial charge in [0.15, 0.2) is 0 Å². The maximum Gasteiger partial charge on any atom is 0.227 e. The van der Waals surface area contributed by atoms with Gasteiger partial charge in [0.2, 0.25) is 5.91 Å². The Morgan fingerprint density at radius 1 is 1.44 bits per heavy atom. The second-order valence-corrected chi connectivity index (χ2v) is 4.79. The van der Waals surface area contributed by atoms with Crippen molar-refractivity contribution in [3.63, 3.8) is 0 Å². The minimum Gasteiger partial charge on any atom is -0.330 e. The Morgan fingerprint density at radius 3 is 3.12 bits per heavy atom. The first-order chi connectivity index (χ1) is 7.81. The molecular formula is C14H19NO. The van der Waals surface area contributed by atoms with E-state index in [0.29, 0.717) is 5.92 Å². The highest BCUT2D eigenvalue weighted by molar-refractivity contribution is 5.82. The normalized spacial score (nSPS) is 27.9. The number of carbonyl (C=O) groups excluding carboxylic acids is 1. The molecule has 2 unspecified atom stereocenters. The van der Waals surface area contributed by atoms with Crippen molar-refractivity contribution < 1.29 is 4.79 Å². The van der Waals surface area contributed by atoms with Crippen molar-refractivity contribution in [1.82, 2.24) is 5.32 Å². The van der Waals surface area contributed by atoms with E-state index in [2.05, 4.69) is 17.3 Å². The topological polar surface area (TPSA) is 29.1 Å². The van der Waals surface area contributed by atoms with Gasteiger partial charge in [-0.25, -0.2) is 0 Å². The van der Waals surface area contributed by atoms with Crippen LogP contribution >= 0.6 is 0 Å². The van der Waals surface area contributed by atoms with Gasteiger partial charge in [-0.15, -0.1) is 12.3 Å². The molecule has 1 saturated carbocycles. The molecule has 2 aliphatic rings. The van der Waals surface area contributed by atoms with E-state index in [0.717, 1.165) is 37.8 Å². The average molecular weight is 217 g/mol. The number of rotatable bonds is 4.